The second-order valence-corrected chi connectivity index (χ2v) is 7.45. The lowest BCUT2D eigenvalue weighted by Gasteiger charge is -2.16. The van der Waals surface area contributed by atoms with Crippen molar-refractivity contribution >= 4 is 11.5 Å². The van der Waals surface area contributed by atoms with Crippen LogP contribution in [-0.2, 0) is 6.42 Å². The van der Waals surface area contributed by atoms with E-state index in [-0.39, 0.29) is 24.5 Å². The van der Waals surface area contributed by atoms with Crippen LogP contribution in [0.1, 0.15) is 37.4 Å². The highest BCUT2D eigenvalue weighted by Gasteiger charge is 2.16. The summed E-state index contributed by atoms with van der Waals surface area (Å²) in [5, 5.41) is 16.9. The topological polar surface area (TPSA) is 129 Å². The monoisotopic (exact) mass is 444 g/mol. The number of anilines is 1. The minimum Gasteiger partial charge on any atom is -0.497 e. The lowest BCUT2D eigenvalue weighted by Crippen LogP contribution is -2.20. The fourth-order valence-corrected chi connectivity index (χ4v) is 3.39. The molecule has 3 rings (SSSR count). The van der Waals surface area contributed by atoms with Gasteiger partial charge in [-0.15, -0.1) is 5.10 Å². The van der Waals surface area contributed by atoms with Crippen LogP contribution < -0.4 is 25.3 Å². The van der Waals surface area contributed by atoms with Gasteiger partial charge in [-0.2, -0.15) is 4.98 Å². The Morgan fingerprint density at radius 2 is 2.03 bits per heavy atom. The summed E-state index contributed by atoms with van der Waals surface area (Å²) in [7, 11) is 3.51. The van der Waals surface area contributed by atoms with Gasteiger partial charge in [0.15, 0.2) is 11.5 Å². The fraction of sp³-hybridized carbons (Fsp3) is 0.500. The van der Waals surface area contributed by atoms with Crippen molar-refractivity contribution in [3.63, 3.8) is 0 Å². The van der Waals surface area contributed by atoms with Crippen LogP contribution in [-0.4, -0.2) is 64.7 Å². The van der Waals surface area contributed by atoms with Crippen molar-refractivity contribution in [2.75, 3.05) is 39.6 Å². The standard InChI is InChI=1S/C22H32N6O4/c1-4-5-17(6-8-29)32-22-26-20(23)21-25-14-16(28(21)27-22)10-15-11-18(30-3)13-19(12-15)31-9-7-24-2/h11-14,17,24,29H,4-10H2,1-3H3,(H2,23,26,27). The number of nitrogens with zero attached hydrogens (tertiary/aromatic N) is 4. The molecule has 1 atom stereocenters. The van der Waals surface area contributed by atoms with Gasteiger partial charge >= 0.3 is 6.01 Å². The molecule has 10 heteroatoms. The van der Waals surface area contributed by atoms with Gasteiger partial charge in [-0.05, 0) is 31.2 Å². The molecule has 32 heavy (non-hydrogen) atoms. The van der Waals surface area contributed by atoms with E-state index in [4.69, 9.17) is 19.9 Å². The van der Waals surface area contributed by atoms with Crippen LogP contribution in [0.25, 0.3) is 5.65 Å². The quantitative estimate of drug-likeness (QED) is 0.338. The van der Waals surface area contributed by atoms with E-state index in [9.17, 15) is 5.11 Å². The predicted molar refractivity (Wildman–Crippen MR) is 121 cm³/mol. The van der Waals surface area contributed by atoms with E-state index in [0.29, 0.717) is 30.8 Å². The van der Waals surface area contributed by atoms with Gasteiger partial charge in [0.05, 0.1) is 19.0 Å². The van der Waals surface area contributed by atoms with Crippen LogP contribution in [0.5, 0.6) is 17.5 Å². The Morgan fingerprint density at radius 3 is 2.75 bits per heavy atom. The van der Waals surface area contributed by atoms with Crippen LogP contribution in [0.3, 0.4) is 0 Å². The lowest BCUT2D eigenvalue weighted by molar-refractivity contribution is 0.133. The Labute approximate surface area is 187 Å². The molecule has 0 aliphatic rings. The van der Waals surface area contributed by atoms with Gasteiger partial charge in [-0.3, -0.25) is 0 Å². The first kappa shape index (κ1) is 23.6. The summed E-state index contributed by atoms with van der Waals surface area (Å²) in [5.74, 6) is 1.68. The molecule has 1 unspecified atom stereocenters. The second kappa shape index (κ2) is 11.5. The number of likely N-dealkylation sites (N-methyl/N-ethyl adjacent to an activating group) is 1. The van der Waals surface area contributed by atoms with E-state index in [1.54, 1.807) is 17.8 Å². The normalized spacial score (nSPS) is 12.1. The Bertz CT molecular complexity index is 1000. The summed E-state index contributed by atoms with van der Waals surface area (Å²) in [4.78, 5) is 8.62. The number of hydrogen-bond donors (Lipinski definition) is 3. The number of nitrogen functional groups attached to an aromatic ring is 1. The van der Waals surface area contributed by atoms with Gasteiger partial charge in [-0.25, -0.2) is 9.50 Å². The van der Waals surface area contributed by atoms with Crippen molar-refractivity contribution in [2.45, 2.75) is 38.7 Å². The van der Waals surface area contributed by atoms with Gasteiger partial charge in [0.25, 0.3) is 0 Å². The Morgan fingerprint density at radius 1 is 1.22 bits per heavy atom. The molecule has 0 aliphatic heterocycles. The molecule has 0 saturated carbocycles. The van der Waals surface area contributed by atoms with Crippen LogP contribution in [0, 0.1) is 0 Å². The maximum atomic E-state index is 9.29. The van der Waals surface area contributed by atoms with E-state index in [1.807, 2.05) is 25.2 Å². The van der Waals surface area contributed by atoms with Crippen molar-refractivity contribution < 1.29 is 19.3 Å². The molecular weight excluding hydrogens is 412 g/mol. The molecule has 0 radical (unpaired) electrons. The molecule has 0 amide bonds. The summed E-state index contributed by atoms with van der Waals surface area (Å²) in [6, 6.07) is 5.94. The van der Waals surface area contributed by atoms with Crippen LogP contribution >= 0.6 is 0 Å². The molecule has 10 nitrogen and oxygen atoms in total. The van der Waals surface area contributed by atoms with E-state index in [0.717, 1.165) is 36.4 Å². The zero-order valence-corrected chi connectivity index (χ0v) is 18.9. The third-order valence-corrected chi connectivity index (χ3v) is 4.95. The Kier molecular flexibility index (Phi) is 8.46. The number of fused-ring (bicyclic) bond motifs is 1. The number of nitrogens with two attached hydrogens (primary N) is 1. The first-order valence-corrected chi connectivity index (χ1v) is 10.8. The smallest absolute Gasteiger partial charge is 0.336 e. The summed E-state index contributed by atoms with van der Waals surface area (Å²) >= 11 is 0. The first-order valence-electron chi connectivity index (χ1n) is 10.8. The van der Waals surface area contributed by atoms with Gasteiger partial charge in [0.2, 0.25) is 0 Å². The second-order valence-electron chi connectivity index (χ2n) is 7.45. The van der Waals surface area contributed by atoms with Crippen LogP contribution in [0.2, 0.25) is 0 Å². The molecule has 2 heterocycles. The van der Waals surface area contributed by atoms with Crippen molar-refractivity contribution in [1.29, 1.82) is 0 Å². The van der Waals surface area contributed by atoms with Gasteiger partial charge in [0.1, 0.15) is 24.2 Å². The SMILES string of the molecule is CCCC(CCO)Oc1nc(N)c2ncc(Cc3cc(OC)cc(OCCNC)c3)n2n1. The molecule has 0 fully saturated rings. The maximum Gasteiger partial charge on any atom is 0.336 e. The minimum atomic E-state index is -0.176. The number of benzene rings is 1. The van der Waals surface area contributed by atoms with Gasteiger partial charge in [-0.1, -0.05) is 13.3 Å². The number of aliphatic hydroxyl groups is 1. The zero-order valence-electron chi connectivity index (χ0n) is 18.9. The number of ether oxygens (including phenoxy) is 3. The van der Waals surface area contributed by atoms with E-state index in [2.05, 4.69) is 27.3 Å². The first-order chi connectivity index (χ1) is 15.6. The third-order valence-electron chi connectivity index (χ3n) is 4.95. The van der Waals surface area contributed by atoms with E-state index < -0.39 is 0 Å². The average Bonchev–Trinajstić information content (AvgIpc) is 3.17. The number of hydrogen-bond acceptors (Lipinski definition) is 9. The third kappa shape index (κ3) is 5.98. The predicted octanol–water partition coefficient (Wildman–Crippen LogP) is 1.83. The fourth-order valence-electron chi connectivity index (χ4n) is 3.39. The molecule has 0 spiro atoms. The number of aliphatic hydroxyl groups excluding tert-OH is 1. The Hall–Kier alpha value is -3.11. The zero-order chi connectivity index (χ0) is 22.9. The highest BCUT2D eigenvalue weighted by atomic mass is 16.5. The number of methoxy groups -OCH3 is 1. The summed E-state index contributed by atoms with van der Waals surface area (Å²) in [6.45, 7) is 3.39. The van der Waals surface area contributed by atoms with Crippen molar-refractivity contribution in [3.8, 4) is 17.5 Å². The van der Waals surface area contributed by atoms with Crippen LogP contribution in [0.15, 0.2) is 24.4 Å². The summed E-state index contributed by atoms with van der Waals surface area (Å²) < 4.78 is 18.8. The molecule has 2 aromatic heterocycles. The number of imidazole rings is 1. The molecule has 174 valence electrons. The van der Waals surface area contributed by atoms with Gasteiger partial charge in [0, 0.05) is 32.1 Å². The molecule has 4 N–H and O–H groups in total. The minimum absolute atomic E-state index is 0.0350. The van der Waals surface area contributed by atoms with Crippen LogP contribution in [0.4, 0.5) is 5.82 Å². The number of nitrogens with one attached hydrogen (secondary N) is 1. The molecule has 0 saturated heterocycles. The van der Waals surface area contributed by atoms with Gasteiger partial charge < -0.3 is 30.4 Å². The van der Waals surface area contributed by atoms with Crippen molar-refractivity contribution in [3.05, 3.63) is 35.7 Å². The highest BCUT2D eigenvalue weighted by molar-refractivity contribution is 5.60. The molecular formula is C22H32N6O4. The number of aromatic nitrogens is 4. The molecule has 0 aliphatic carbocycles. The lowest BCUT2D eigenvalue weighted by atomic mass is 10.1. The number of rotatable bonds is 13. The molecule has 3 aromatic rings. The average molecular weight is 445 g/mol. The summed E-state index contributed by atoms with van der Waals surface area (Å²) in [5.41, 5.74) is 8.39. The molecule has 1 aromatic carbocycles. The molecule has 0 bridgehead atoms. The van der Waals surface area contributed by atoms with E-state index in [1.165, 1.54) is 0 Å². The largest absolute Gasteiger partial charge is 0.497 e. The maximum absolute atomic E-state index is 9.29. The summed E-state index contributed by atoms with van der Waals surface area (Å²) in [6.07, 6.45) is 4.30. The highest BCUT2D eigenvalue weighted by Crippen LogP contribution is 2.25. The van der Waals surface area contributed by atoms with E-state index >= 15 is 0 Å². The van der Waals surface area contributed by atoms with Crippen molar-refractivity contribution in [2.24, 2.45) is 0 Å². The van der Waals surface area contributed by atoms with Crippen molar-refractivity contribution in [1.82, 2.24) is 24.9 Å². The Balaban J connectivity index is 1.87.